The molecule has 0 fully saturated rings. The maximum absolute atomic E-state index is 11.1. The van der Waals surface area contributed by atoms with Crippen molar-refractivity contribution in [3.63, 3.8) is 0 Å². The van der Waals surface area contributed by atoms with E-state index in [-0.39, 0.29) is 12.5 Å². The van der Waals surface area contributed by atoms with Crippen LogP contribution in [0.4, 0.5) is 0 Å². The third kappa shape index (κ3) is 4.91. The van der Waals surface area contributed by atoms with Crippen molar-refractivity contribution in [3.05, 3.63) is 12.7 Å². The molecule has 0 saturated carbocycles. The Morgan fingerprint density at radius 1 is 1.67 bits per heavy atom. The molecule has 0 atom stereocenters. The molecule has 70 valence electrons. The lowest BCUT2D eigenvalue weighted by atomic mass is 10.1. The average Bonchev–Trinajstić information content (AvgIpc) is 2.00. The van der Waals surface area contributed by atoms with Crippen molar-refractivity contribution >= 4 is 5.91 Å². The van der Waals surface area contributed by atoms with E-state index in [0.29, 0.717) is 12.8 Å². The number of aliphatic hydroxyl groups is 1. The van der Waals surface area contributed by atoms with E-state index in [2.05, 4.69) is 11.9 Å². The number of carbonyl (C=O) groups excluding carboxylic acids is 1. The van der Waals surface area contributed by atoms with E-state index in [4.69, 9.17) is 5.11 Å². The summed E-state index contributed by atoms with van der Waals surface area (Å²) in [5.74, 6) is -0.0473. The topological polar surface area (TPSA) is 49.3 Å². The number of hydrogen-bond donors (Lipinski definition) is 2. The lowest BCUT2D eigenvalue weighted by Gasteiger charge is -2.23. The van der Waals surface area contributed by atoms with Gasteiger partial charge in [0.2, 0.25) is 5.91 Å². The maximum atomic E-state index is 11.1. The molecule has 0 rings (SSSR count). The van der Waals surface area contributed by atoms with Crippen LogP contribution in [-0.2, 0) is 4.79 Å². The first-order valence-corrected chi connectivity index (χ1v) is 4.04. The molecule has 0 saturated heterocycles. The van der Waals surface area contributed by atoms with E-state index in [1.807, 2.05) is 0 Å². The van der Waals surface area contributed by atoms with Gasteiger partial charge in [-0.15, -0.1) is 6.58 Å². The Morgan fingerprint density at radius 2 is 2.25 bits per heavy atom. The third-order valence-corrected chi connectivity index (χ3v) is 1.45. The number of hydrogen-bond acceptors (Lipinski definition) is 2. The Labute approximate surface area is 73.5 Å². The first-order chi connectivity index (χ1) is 5.52. The molecule has 0 aromatic carbocycles. The molecule has 0 aliphatic heterocycles. The largest absolute Gasteiger partial charge is 0.394 e. The summed E-state index contributed by atoms with van der Waals surface area (Å²) < 4.78 is 0. The first-order valence-electron chi connectivity index (χ1n) is 4.04. The molecule has 12 heavy (non-hydrogen) atoms. The van der Waals surface area contributed by atoms with Crippen molar-refractivity contribution in [3.8, 4) is 0 Å². The number of aliphatic hydroxyl groups excluding tert-OH is 1. The van der Waals surface area contributed by atoms with E-state index in [0.717, 1.165) is 0 Å². The predicted octanol–water partition coefficient (Wildman–Crippen LogP) is 0.840. The molecule has 2 N–H and O–H groups in total. The van der Waals surface area contributed by atoms with E-state index in [1.54, 1.807) is 19.9 Å². The minimum Gasteiger partial charge on any atom is -0.394 e. The molecular formula is C9H17NO2. The highest BCUT2D eigenvalue weighted by molar-refractivity contribution is 5.76. The molecule has 0 radical (unpaired) electrons. The molecule has 0 unspecified atom stereocenters. The zero-order chi connectivity index (χ0) is 9.61. The average molecular weight is 171 g/mol. The van der Waals surface area contributed by atoms with Crippen LogP contribution in [0.15, 0.2) is 12.7 Å². The first kappa shape index (κ1) is 11.2. The summed E-state index contributed by atoms with van der Waals surface area (Å²) in [4.78, 5) is 11.1. The molecule has 3 heteroatoms. The van der Waals surface area contributed by atoms with E-state index < -0.39 is 5.54 Å². The highest BCUT2D eigenvalue weighted by Gasteiger charge is 2.17. The minimum absolute atomic E-state index is 0.0473. The normalized spacial score (nSPS) is 10.9. The molecule has 0 aromatic heterocycles. The standard InChI is InChI=1S/C9H17NO2/c1-4-5-6-8(12)10-9(2,3)7-11/h4,11H,1,5-7H2,2-3H3,(H,10,12). The van der Waals surface area contributed by atoms with Crippen molar-refractivity contribution in [2.75, 3.05) is 6.61 Å². The second kappa shape index (κ2) is 4.93. The fourth-order valence-electron chi connectivity index (χ4n) is 0.713. The van der Waals surface area contributed by atoms with Gasteiger partial charge in [-0.2, -0.15) is 0 Å². The van der Waals surface area contributed by atoms with Gasteiger partial charge in [-0.25, -0.2) is 0 Å². The van der Waals surface area contributed by atoms with Crippen LogP contribution in [0.1, 0.15) is 26.7 Å². The van der Waals surface area contributed by atoms with E-state index in [9.17, 15) is 4.79 Å². The lowest BCUT2D eigenvalue weighted by Crippen LogP contribution is -2.46. The van der Waals surface area contributed by atoms with Gasteiger partial charge in [0.1, 0.15) is 0 Å². The van der Waals surface area contributed by atoms with E-state index in [1.165, 1.54) is 0 Å². The Kier molecular flexibility index (Phi) is 4.59. The van der Waals surface area contributed by atoms with Gasteiger partial charge in [0.05, 0.1) is 12.1 Å². The van der Waals surface area contributed by atoms with Gasteiger partial charge in [-0.05, 0) is 20.3 Å². The molecule has 0 heterocycles. The van der Waals surface area contributed by atoms with Gasteiger partial charge >= 0.3 is 0 Å². The quantitative estimate of drug-likeness (QED) is 0.602. The van der Waals surface area contributed by atoms with Crippen molar-refractivity contribution in [1.29, 1.82) is 0 Å². The van der Waals surface area contributed by atoms with Crippen molar-refractivity contribution in [2.45, 2.75) is 32.2 Å². The van der Waals surface area contributed by atoms with Crippen LogP contribution in [0.2, 0.25) is 0 Å². The Bertz CT molecular complexity index is 164. The molecule has 0 bridgehead atoms. The summed E-state index contributed by atoms with van der Waals surface area (Å²) in [6.07, 6.45) is 2.81. The highest BCUT2D eigenvalue weighted by atomic mass is 16.3. The minimum atomic E-state index is -0.516. The monoisotopic (exact) mass is 171 g/mol. The van der Waals surface area contributed by atoms with Gasteiger partial charge < -0.3 is 10.4 Å². The summed E-state index contributed by atoms with van der Waals surface area (Å²) in [6.45, 7) is 7.02. The van der Waals surface area contributed by atoms with Crippen LogP contribution in [0.3, 0.4) is 0 Å². The summed E-state index contributed by atoms with van der Waals surface area (Å²) in [7, 11) is 0. The lowest BCUT2D eigenvalue weighted by molar-refractivity contribution is -0.123. The zero-order valence-corrected chi connectivity index (χ0v) is 7.76. The fraction of sp³-hybridized carbons (Fsp3) is 0.667. The van der Waals surface area contributed by atoms with Gasteiger partial charge in [0.25, 0.3) is 0 Å². The Balaban J connectivity index is 3.75. The van der Waals surface area contributed by atoms with Gasteiger partial charge in [-0.1, -0.05) is 6.08 Å². The van der Waals surface area contributed by atoms with Crippen LogP contribution >= 0.6 is 0 Å². The second-order valence-electron chi connectivity index (χ2n) is 3.42. The molecule has 0 aromatic rings. The third-order valence-electron chi connectivity index (χ3n) is 1.45. The maximum Gasteiger partial charge on any atom is 0.220 e. The molecular weight excluding hydrogens is 154 g/mol. The van der Waals surface area contributed by atoms with Gasteiger partial charge in [-0.3, -0.25) is 4.79 Å². The molecule has 0 aliphatic carbocycles. The Morgan fingerprint density at radius 3 is 2.67 bits per heavy atom. The molecule has 0 aliphatic rings. The smallest absolute Gasteiger partial charge is 0.220 e. The predicted molar refractivity (Wildman–Crippen MR) is 48.7 cm³/mol. The number of carbonyl (C=O) groups is 1. The summed E-state index contributed by atoms with van der Waals surface area (Å²) >= 11 is 0. The molecule has 3 nitrogen and oxygen atoms in total. The number of rotatable bonds is 5. The molecule has 1 amide bonds. The van der Waals surface area contributed by atoms with Gasteiger partial charge in [0, 0.05) is 6.42 Å². The summed E-state index contributed by atoms with van der Waals surface area (Å²) in [5.41, 5.74) is -0.516. The number of allylic oxidation sites excluding steroid dienone is 1. The number of nitrogens with one attached hydrogen (secondary N) is 1. The van der Waals surface area contributed by atoms with Crippen LogP contribution < -0.4 is 5.32 Å². The SMILES string of the molecule is C=CCCC(=O)NC(C)(C)CO. The molecule has 0 spiro atoms. The van der Waals surface area contributed by atoms with Crippen LogP contribution in [0.5, 0.6) is 0 Å². The van der Waals surface area contributed by atoms with Crippen LogP contribution in [0, 0.1) is 0 Å². The highest BCUT2D eigenvalue weighted by Crippen LogP contribution is 2.01. The van der Waals surface area contributed by atoms with Crippen molar-refractivity contribution in [1.82, 2.24) is 5.32 Å². The zero-order valence-electron chi connectivity index (χ0n) is 7.76. The summed E-state index contributed by atoms with van der Waals surface area (Å²) in [5, 5.41) is 11.5. The van der Waals surface area contributed by atoms with E-state index >= 15 is 0 Å². The van der Waals surface area contributed by atoms with Crippen LogP contribution in [0.25, 0.3) is 0 Å². The van der Waals surface area contributed by atoms with Gasteiger partial charge in [0.15, 0.2) is 0 Å². The van der Waals surface area contributed by atoms with Crippen molar-refractivity contribution in [2.24, 2.45) is 0 Å². The second-order valence-corrected chi connectivity index (χ2v) is 3.42. The van der Waals surface area contributed by atoms with Crippen molar-refractivity contribution < 1.29 is 9.90 Å². The van der Waals surface area contributed by atoms with Crippen LogP contribution in [-0.4, -0.2) is 23.2 Å². The Hall–Kier alpha value is -0.830. The fourth-order valence-corrected chi connectivity index (χ4v) is 0.713. The summed E-state index contributed by atoms with van der Waals surface area (Å²) in [6, 6.07) is 0. The number of amides is 1.